The Bertz CT molecular complexity index is 300. The molecule has 1 N–H and O–H groups in total. The summed E-state index contributed by atoms with van der Waals surface area (Å²) in [7, 11) is 0. The molecule has 0 aliphatic rings. The van der Waals surface area contributed by atoms with Crippen LogP contribution >= 0.6 is 0 Å². The molecule has 0 aliphatic heterocycles. The fraction of sp³-hybridized carbons (Fsp3) is 0.556. The van der Waals surface area contributed by atoms with E-state index < -0.39 is 12.4 Å². The van der Waals surface area contributed by atoms with Crippen molar-refractivity contribution in [3.63, 3.8) is 0 Å². The Kier molecular flexibility index (Phi) is 6.24. The Morgan fingerprint density at radius 1 is 1.60 bits per heavy atom. The molecular formula is C9H14F2N2O2. The van der Waals surface area contributed by atoms with E-state index in [9.17, 15) is 13.6 Å². The Morgan fingerprint density at radius 3 is 2.60 bits per heavy atom. The zero-order chi connectivity index (χ0) is 11.8. The number of alkyl halides is 2. The normalized spacial score (nSPS) is 9.47. The lowest BCUT2D eigenvalue weighted by atomic mass is 10.3. The first-order valence-electron chi connectivity index (χ1n) is 4.65. The van der Waals surface area contributed by atoms with Gasteiger partial charge in [0.05, 0.1) is 6.61 Å². The number of H-pyrrole nitrogens is 1. The van der Waals surface area contributed by atoms with Crippen molar-refractivity contribution < 1.29 is 18.3 Å². The largest absolute Gasteiger partial charge is 0.461 e. The number of hydrogen-bond donors (Lipinski definition) is 1. The molecule has 1 aromatic rings. The molecule has 1 aromatic heterocycles. The number of rotatable bonds is 3. The van der Waals surface area contributed by atoms with E-state index in [0.29, 0.717) is 0 Å². The van der Waals surface area contributed by atoms with E-state index in [2.05, 4.69) is 9.84 Å². The van der Waals surface area contributed by atoms with E-state index in [1.54, 1.807) is 6.92 Å². The summed E-state index contributed by atoms with van der Waals surface area (Å²) < 4.78 is 28.6. The van der Waals surface area contributed by atoms with Crippen LogP contribution in [0.1, 0.15) is 43.4 Å². The van der Waals surface area contributed by atoms with Gasteiger partial charge in [-0.05, 0) is 13.0 Å². The van der Waals surface area contributed by atoms with Crippen LogP contribution in [0, 0.1) is 0 Å². The van der Waals surface area contributed by atoms with Crippen LogP contribution in [-0.2, 0) is 4.74 Å². The lowest BCUT2D eigenvalue weighted by Gasteiger charge is -1.95. The topological polar surface area (TPSA) is 55.0 Å². The van der Waals surface area contributed by atoms with E-state index in [-0.39, 0.29) is 18.0 Å². The minimum atomic E-state index is -2.66. The van der Waals surface area contributed by atoms with Crippen molar-refractivity contribution in [3.8, 4) is 0 Å². The van der Waals surface area contributed by atoms with E-state index >= 15 is 0 Å². The van der Waals surface area contributed by atoms with E-state index in [1.165, 1.54) is 0 Å². The summed E-state index contributed by atoms with van der Waals surface area (Å²) in [4.78, 5) is 10.9. The molecule has 0 saturated heterocycles. The van der Waals surface area contributed by atoms with E-state index in [4.69, 9.17) is 0 Å². The molecule has 0 aliphatic carbocycles. The number of aromatic nitrogens is 2. The number of esters is 1. The Balaban J connectivity index is 0.000000921. The summed E-state index contributed by atoms with van der Waals surface area (Å²) in [6, 6.07) is 0.975. The van der Waals surface area contributed by atoms with Gasteiger partial charge in [0.25, 0.3) is 6.43 Å². The van der Waals surface area contributed by atoms with E-state index in [0.717, 1.165) is 6.07 Å². The predicted molar refractivity (Wildman–Crippen MR) is 50.8 cm³/mol. The van der Waals surface area contributed by atoms with E-state index in [1.807, 2.05) is 18.9 Å². The van der Waals surface area contributed by atoms with Crippen molar-refractivity contribution in [1.82, 2.24) is 10.2 Å². The van der Waals surface area contributed by atoms with Crippen LogP contribution in [-0.4, -0.2) is 22.8 Å². The molecule has 0 unspecified atom stereocenters. The number of ether oxygens (including phenoxy) is 1. The van der Waals surface area contributed by atoms with Crippen LogP contribution in [0.2, 0.25) is 0 Å². The Labute approximate surface area is 86.6 Å². The highest BCUT2D eigenvalue weighted by molar-refractivity contribution is 5.87. The van der Waals surface area contributed by atoms with Crippen LogP contribution in [0.3, 0.4) is 0 Å². The zero-order valence-electron chi connectivity index (χ0n) is 8.88. The Morgan fingerprint density at radius 2 is 2.20 bits per heavy atom. The molecule has 1 rings (SSSR count). The molecule has 0 fully saturated rings. The van der Waals surface area contributed by atoms with Gasteiger partial charge in [0, 0.05) is 0 Å². The summed E-state index contributed by atoms with van der Waals surface area (Å²) in [5, 5.41) is 5.42. The van der Waals surface area contributed by atoms with Gasteiger partial charge in [0.1, 0.15) is 5.69 Å². The van der Waals surface area contributed by atoms with Crippen molar-refractivity contribution in [2.45, 2.75) is 27.2 Å². The quantitative estimate of drug-likeness (QED) is 0.796. The maximum absolute atomic E-state index is 12.0. The maximum atomic E-state index is 12.0. The monoisotopic (exact) mass is 220 g/mol. The standard InChI is InChI=1S/C7H8F2N2O2.C2H6/c1-2-13-7(12)5-3-4(6(8)9)10-11-5;1-2/h3,6H,2H2,1H3,(H,10,11);1-2H3. The molecule has 6 heteroatoms. The number of nitrogens with one attached hydrogen (secondary N) is 1. The van der Waals surface area contributed by atoms with Crippen LogP contribution in [0.15, 0.2) is 6.07 Å². The van der Waals surface area contributed by atoms with Gasteiger partial charge < -0.3 is 4.74 Å². The highest BCUT2D eigenvalue weighted by Crippen LogP contribution is 2.16. The predicted octanol–water partition coefficient (Wildman–Crippen LogP) is 2.55. The summed E-state index contributed by atoms with van der Waals surface area (Å²) in [6.45, 7) is 5.81. The number of nitrogens with zero attached hydrogens (tertiary/aromatic N) is 1. The van der Waals surface area contributed by atoms with Gasteiger partial charge in [-0.3, -0.25) is 5.10 Å². The second-order valence-electron chi connectivity index (χ2n) is 2.23. The minimum Gasteiger partial charge on any atom is -0.461 e. The number of aromatic amines is 1. The molecule has 1 heterocycles. The molecule has 0 bridgehead atoms. The van der Waals surface area contributed by atoms with Gasteiger partial charge >= 0.3 is 5.97 Å². The van der Waals surface area contributed by atoms with Gasteiger partial charge in [0.15, 0.2) is 5.69 Å². The Hall–Kier alpha value is -1.46. The number of halogens is 2. The smallest absolute Gasteiger partial charge is 0.358 e. The summed E-state index contributed by atoms with van der Waals surface area (Å²) >= 11 is 0. The lowest BCUT2D eigenvalue weighted by molar-refractivity contribution is 0.0519. The number of hydrogen-bond acceptors (Lipinski definition) is 3. The maximum Gasteiger partial charge on any atom is 0.358 e. The summed E-state index contributed by atoms with van der Waals surface area (Å²) in [6.07, 6.45) is -2.66. The molecule has 0 spiro atoms. The third kappa shape index (κ3) is 4.05. The minimum absolute atomic E-state index is 0.128. The highest BCUT2D eigenvalue weighted by atomic mass is 19.3. The first-order chi connectivity index (χ1) is 7.15. The van der Waals surface area contributed by atoms with Crippen molar-refractivity contribution in [2.75, 3.05) is 6.61 Å². The number of carbonyl (C=O) groups is 1. The molecule has 0 radical (unpaired) electrons. The molecule has 0 saturated carbocycles. The molecule has 0 aromatic carbocycles. The molecule has 0 amide bonds. The van der Waals surface area contributed by atoms with Crippen LogP contribution in [0.25, 0.3) is 0 Å². The SMILES string of the molecule is CC.CCOC(=O)c1cc(C(F)F)[nH]n1. The van der Waals surface area contributed by atoms with Gasteiger partial charge in [-0.25, -0.2) is 13.6 Å². The third-order valence-electron chi connectivity index (χ3n) is 1.32. The second kappa shape index (κ2) is 6.92. The second-order valence-corrected chi connectivity index (χ2v) is 2.23. The van der Waals surface area contributed by atoms with Crippen LogP contribution < -0.4 is 0 Å². The molecule has 0 atom stereocenters. The third-order valence-corrected chi connectivity index (χ3v) is 1.32. The number of carbonyl (C=O) groups excluding carboxylic acids is 1. The van der Waals surface area contributed by atoms with Crippen LogP contribution in [0.4, 0.5) is 8.78 Å². The first-order valence-corrected chi connectivity index (χ1v) is 4.65. The van der Waals surface area contributed by atoms with Crippen molar-refractivity contribution in [2.24, 2.45) is 0 Å². The van der Waals surface area contributed by atoms with Gasteiger partial charge in [0.2, 0.25) is 0 Å². The van der Waals surface area contributed by atoms with Gasteiger partial charge in [-0.2, -0.15) is 5.10 Å². The lowest BCUT2D eigenvalue weighted by Crippen LogP contribution is -2.04. The first kappa shape index (κ1) is 13.5. The molecule has 15 heavy (non-hydrogen) atoms. The fourth-order valence-electron chi connectivity index (χ4n) is 0.758. The van der Waals surface area contributed by atoms with Crippen molar-refractivity contribution in [3.05, 3.63) is 17.5 Å². The van der Waals surface area contributed by atoms with Crippen molar-refractivity contribution >= 4 is 5.97 Å². The van der Waals surface area contributed by atoms with Gasteiger partial charge in [-0.15, -0.1) is 0 Å². The average molecular weight is 220 g/mol. The molecule has 4 nitrogen and oxygen atoms in total. The summed E-state index contributed by atoms with van der Waals surface area (Å²) in [5.41, 5.74) is -0.514. The molecular weight excluding hydrogens is 206 g/mol. The fourth-order valence-corrected chi connectivity index (χ4v) is 0.758. The van der Waals surface area contributed by atoms with Crippen molar-refractivity contribution in [1.29, 1.82) is 0 Å². The molecule has 86 valence electrons. The zero-order valence-corrected chi connectivity index (χ0v) is 8.88. The highest BCUT2D eigenvalue weighted by Gasteiger charge is 2.15. The summed E-state index contributed by atoms with van der Waals surface area (Å²) in [5.74, 6) is -0.703. The average Bonchev–Trinajstić information content (AvgIpc) is 2.70. The van der Waals surface area contributed by atoms with Crippen LogP contribution in [0.5, 0.6) is 0 Å². The van der Waals surface area contributed by atoms with Gasteiger partial charge in [-0.1, -0.05) is 13.8 Å².